The third-order valence-electron chi connectivity index (χ3n) is 5.05. The third kappa shape index (κ3) is 4.60. The molecule has 1 saturated heterocycles. The minimum absolute atomic E-state index is 0.120. The molecule has 0 radical (unpaired) electrons. The Hall–Kier alpha value is -2.22. The maximum atomic E-state index is 12.8. The van der Waals surface area contributed by atoms with E-state index in [1.807, 2.05) is 24.3 Å². The molecular weight excluding hydrogens is 376 g/mol. The van der Waals surface area contributed by atoms with Crippen molar-refractivity contribution >= 4 is 21.6 Å². The number of hydrogen-bond donors (Lipinski definition) is 1. The molecule has 0 unspecified atom stereocenters. The predicted octanol–water partition coefficient (Wildman–Crippen LogP) is 3.47. The highest BCUT2D eigenvalue weighted by Gasteiger charge is 2.26. The first kappa shape index (κ1) is 20.5. The number of rotatable bonds is 6. The highest BCUT2D eigenvalue weighted by Crippen LogP contribution is 2.22. The van der Waals surface area contributed by atoms with Gasteiger partial charge in [0.15, 0.2) is 0 Å². The number of morpholine rings is 1. The van der Waals surface area contributed by atoms with Gasteiger partial charge in [-0.1, -0.05) is 32.0 Å². The lowest BCUT2D eigenvalue weighted by molar-refractivity contribution is 0.0730. The Balaban J connectivity index is 1.75. The largest absolute Gasteiger partial charge is 0.379 e. The first-order valence-corrected chi connectivity index (χ1v) is 10.9. The summed E-state index contributed by atoms with van der Waals surface area (Å²) in [7, 11) is -3.64. The smallest absolute Gasteiger partial charge is 0.255 e. The van der Waals surface area contributed by atoms with E-state index in [2.05, 4.69) is 19.2 Å². The van der Waals surface area contributed by atoms with Crippen LogP contribution in [-0.2, 0) is 14.8 Å². The summed E-state index contributed by atoms with van der Waals surface area (Å²) in [4.78, 5) is 12.7. The van der Waals surface area contributed by atoms with Gasteiger partial charge in [0.05, 0.1) is 18.1 Å². The number of anilines is 1. The average Bonchev–Trinajstić information content (AvgIpc) is 2.74. The molecule has 150 valence electrons. The topological polar surface area (TPSA) is 75.7 Å². The second kappa shape index (κ2) is 8.86. The first-order chi connectivity index (χ1) is 13.4. The lowest BCUT2D eigenvalue weighted by Crippen LogP contribution is -2.40. The molecule has 1 N–H and O–H groups in total. The molecule has 1 aliphatic heterocycles. The van der Waals surface area contributed by atoms with Gasteiger partial charge < -0.3 is 10.1 Å². The second-order valence-electron chi connectivity index (χ2n) is 6.93. The van der Waals surface area contributed by atoms with Gasteiger partial charge in [0.2, 0.25) is 10.0 Å². The first-order valence-electron chi connectivity index (χ1n) is 9.51. The molecule has 2 aromatic carbocycles. The van der Waals surface area contributed by atoms with Gasteiger partial charge in [-0.25, -0.2) is 8.42 Å². The molecule has 0 aromatic heterocycles. The number of nitrogens with one attached hydrogen (secondary N) is 1. The Morgan fingerprint density at radius 3 is 2.46 bits per heavy atom. The Bertz CT molecular complexity index is 920. The number of carbonyl (C=O) groups excluding carboxylic acids is 1. The van der Waals surface area contributed by atoms with Crippen LogP contribution in [0.1, 0.15) is 42.1 Å². The lowest BCUT2D eigenvalue weighted by Gasteiger charge is -2.26. The van der Waals surface area contributed by atoms with Crippen LogP contribution >= 0.6 is 0 Å². The van der Waals surface area contributed by atoms with Gasteiger partial charge in [0.25, 0.3) is 5.91 Å². The highest BCUT2D eigenvalue weighted by molar-refractivity contribution is 7.89. The van der Waals surface area contributed by atoms with Crippen molar-refractivity contribution in [2.24, 2.45) is 0 Å². The number of amides is 1. The number of ether oxygens (including phenoxy) is 1. The normalized spacial score (nSPS) is 16.5. The van der Waals surface area contributed by atoms with Crippen molar-refractivity contribution in [1.82, 2.24) is 4.31 Å². The van der Waals surface area contributed by atoms with E-state index >= 15 is 0 Å². The van der Waals surface area contributed by atoms with Crippen LogP contribution in [0.5, 0.6) is 0 Å². The Kier molecular flexibility index (Phi) is 6.49. The van der Waals surface area contributed by atoms with Gasteiger partial charge in [-0.2, -0.15) is 4.31 Å². The van der Waals surface area contributed by atoms with Crippen LogP contribution in [0.2, 0.25) is 0 Å². The standard InChI is InChI=1S/C21H26N2O4S/c1-3-16(2)17-7-9-19(10-8-17)22-21(24)18-5-4-6-20(15-18)28(25,26)23-11-13-27-14-12-23/h4-10,15-16H,3,11-14H2,1-2H3,(H,22,24)/t16-/m0/s1. The van der Waals surface area contributed by atoms with E-state index in [0.717, 1.165) is 6.42 Å². The summed E-state index contributed by atoms with van der Waals surface area (Å²) < 4.78 is 32.2. The van der Waals surface area contributed by atoms with Gasteiger partial charge in [-0.3, -0.25) is 4.79 Å². The molecule has 1 heterocycles. The lowest BCUT2D eigenvalue weighted by atomic mass is 9.98. The summed E-state index contributed by atoms with van der Waals surface area (Å²) >= 11 is 0. The summed E-state index contributed by atoms with van der Waals surface area (Å²) in [5.74, 6) is 0.127. The molecule has 7 heteroatoms. The van der Waals surface area contributed by atoms with Crippen molar-refractivity contribution in [2.75, 3.05) is 31.6 Å². The van der Waals surface area contributed by atoms with E-state index in [9.17, 15) is 13.2 Å². The maximum absolute atomic E-state index is 12.8. The quantitative estimate of drug-likeness (QED) is 0.803. The minimum Gasteiger partial charge on any atom is -0.379 e. The number of hydrogen-bond acceptors (Lipinski definition) is 4. The van der Waals surface area contributed by atoms with Crippen molar-refractivity contribution < 1.29 is 17.9 Å². The molecule has 1 amide bonds. The van der Waals surface area contributed by atoms with Crippen LogP contribution in [0.25, 0.3) is 0 Å². The second-order valence-corrected chi connectivity index (χ2v) is 8.87. The van der Waals surface area contributed by atoms with E-state index < -0.39 is 10.0 Å². The SMILES string of the molecule is CC[C@H](C)c1ccc(NC(=O)c2cccc(S(=O)(=O)N3CCOCC3)c2)cc1. The third-order valence-corrected chi connectivity index (χ3v) is 6.95. The maximum Gasteiger partial charge on any atom is 0.255 e. The van der Waals surface area contributed by atoms with Gasteiger partial charge in [-0.15, -0.1) is 0 Å². The fourth-order valence-corrected chi connectivity index (χ4v) is 4.52. The Morgan fingerprint density at radius 1 is 1.14 bits per heavy atom. The van der Waals surface area contributed by atoms with Gasteiger partial charge in [-0.05, 0) is 48.2 Å². The van der Waals surface area contributed by atoms with Crippen molar-refractivity contribution in [3.8, 4) is 0 Å². The molecule has 0 bridgehead atoms. The summed E-state index contributed by atoms with van der Waals surface area (Å²) in [6, 6.07) is 13.9. The molecule has 0 spiro atoms. The van der Waals surface area contributed by atoms with E-state index in [1.54, 1.807) is 12.1 Å². The molecular formula is C21H26N2O4S. The van der Waals surface area contributed by atoms with Crippen LogP contribution in [0.3, 0.4) is 0 Å². The molecule has 28 heavy (non-hydrogen) atoms. The number of sulfonamides is 1. The zero-order chi connectivity index (χ0) is 20.1. The molecule has 1 fully saturated rings. The fraction of sp³-hybridized carbons (Fsp3) is 0.381. The van der Waals surface area contributed by atoms with Gasteiger partial charge >= 0.3 is 0 Å². The predicted molar refractivity (Wildman–Crippen MR) is 109 cm³/mol. The minimum atomic E-state index is -3.64. The summed E-state index contributed by atoms with van der Waals surface area (Å²) in [6.07, 6.45) is 1.05. The van der Waals surface area contributed by atoms with E-state index in [1.165, 1.54) is 22.0 Å². The highest BCUT2D eigenvalue weighted by atomic mass is 32.2. The molecule has 1 atom stereocenters. The van der Waals surface area contributed by atoms with Crippen LogP contribution in [-0.4, -0.2) is 44.9 Å². The zero-order valence-electron chi connectivity index (χ0n) is 16.2. The van der Waals surface area contributed by atoms with Crippen LogP contribution in [0.15, 0.2) is 53.4 Å². The molecule has 3 rings (SSSR count). The number of benzene rings is 2. The van der Waals surface area contributed by atoms with Crippen molar-refractivity contribution in [3.05, 3.63) is 59.7 Å². The van der Waals surface area contributed by atoms with E-state index in [4.69, 9.17) is 4.74 Å². The molecule has 0 saturated carbocycles. The van der Waals surface area contributed by atoms with Crippen molar-refractivity contribution in [1.29, 1.82) is 0 Å². The van der Waals surface area contributed by atoms with Crippen LogP contribution in [0, 0.1) is 0 Å². The monoisotopic (exact) mass is 402 g/mol. The zero-order valence-corrected chi connectivity index (χ0v) is 17.0. The molecule has 1 aliphatic rings. The Morgan fingerprint density at radius 2 is 1.82 bits per heavy atom. The van der Waals surface area contributed by atoms with E-state index in [-0.39, 0.29) is 10.8 Å². The fourth-order valence-electron chi connectivity index (χ4n) is 3.07. The van der Waals surface area contributed by atoms with Gasteiger partial charge in [0, 0.05) is 24.3 Å². The summed E-state index contributed by atoms with van der Waals surface area (Å²) in [5, 5.41) is 2.83. The molecule has 2 aromatic rings. The average molecular weight is 403 g/mol. The molecule has 0 aliphatic carbocycles. The van der Waals surface area contributed by atoms with Crippen molar-refractivity contribution in [3.63, 3.8) is 0 Å². The van der Waals surface area contributed by atoms with E-state index in [0.29, 0.717) is 43.5 Å². The van der Waals surface area contributed by atoms with Crippen molar-refractivity contribution in [2.45, 2.75) is 31.1 Å². The molecule has 6 nitrogen and oxygen atoms in total. The van der Waals surface area contributed by atoms with Crippen LogP contribution < -0.4 is 5.32 Å². The van der Waals surface area contributed by atoms with Gasteiger partial charge in [0.1, 0.15) is 0 Å². The summed E-state index contributed by atoms with van der Waals surface area (Å²) in [5.41, 5.74) is 2.21. The number of carbonyl (C=O) groups is 1. The summed E-state index contributed by atoms with van der Waals surface area (Å²) in [6.45, 7) is 5.70. The Labute approximate surface area is 166 Å². The number of nitrogens with zero attached hydrogens (tertiary/aromatic N) is 1. The van der Waals surface area contributed by atoms with Crippen LogP contribution in [0.4, 0.5) is 5.69 Å².